The Labute approximate surface area is 168 Å². The minimum absolute atomic E-state index is 0.0331. The molecule has 2 unspecified atom stereocenters. The van der Waals surface area contributed by atoms with E-state index >= 15 is 0 Å². The monoisotopic (exact) mass is 430 g/mol. The predicted molar refractivity (Wildman–Crippen MR) is 101 cm³/mol. The standard InChI is InChI=1S/C17H23N3O8S/c1-11-9-12(10-20(11,15(21)22)16(23)28-17(2,3)4)18-29(26,27)14-8-6-5-7-13(14)19(24)25/h5-8,11-12,18H,9-10H2,1-4H3/p+1/t11?,12-,20?/m1/s1. The number of benzene rings is 1. The van der Waals surface area contributed by atoms with Crippen molar-refractivity contribution in [2.24, 2.45) is 0 Å². The Hall–Kier alpha value is -2.57. The molecule has 0 saturated carbocycles. The number of amides is 2. The van der Waals surface area contributed by atoms with E-state index < -0.39 is 59.9 Å². The summed E-state index contributed by atoms with van der Waals surface area (Å²) in [5.41, 5.74) is -1.53. The van der Waals surface area contributed by atoms with Crippen molar-refractivity contribution in [3.63, 3.8) is 0 Å². The summed E-state index contributed by atoms with van der Waals surface area (Å²) in [5, 5.41) is 20.9. The third-order valence-corrected chi connectivity index (χ3v) is 6.19. The Morgan fingerprint density at radius 1 is 1.31 bits per heavy atom. The maximum atomic E-state index is 12.7. The number of quaternary nitrogens is 1. The average molecular weight is 430 g/mol. The predicted octanol–water partition coefficient (Wildman–Crippen LogP) is 2.46. The Kier molecular flexibility index (Phi) is 6.02. The van der Waals surface area contributed by atoms with Gasteiger partial charge in [-0.1, -0.05) is 12.1 Å². The molecule has 1 heterocycles. The van der Waals surface area contributed by atoms with Gasteiger partial charge in [0.2, 0.25) is 10.0 Å². The minimum atomic E-state index is -4.33. The molecule has 1 aromatic rings. The minimum Gasteiger partial charge on any atom is -0.435 e. The summed E-state index contributed by atoms with van der Waals surface area (Å²) in [4.78, 5) is 34.4. The normalized spacial score (nSPS) is 24.8. The molecule has 1 fully saturated rings. The number of carboxylic acid groups (broad SMARTS) is 1. The number of likely N-dealkylation sites (tertiary alicyclic amines) is 1. The second kappa shape index (κ2) is 7.69. The molecular formula is C17H24N3O8S+. The molecule has 0 aromatic heterocycles. The van der Waals surface area contributed by atoms with Gasteiger partial charge in [-0.15, -0.1) is 4.48 Å². The molecule has 2 rings (SSSR count). The van der Waals surface area contributed by atoms with Gasteiger partial charge < -0.3 is 9.84 Å². The first kappa shape index (κ1) is 22.7. The molecule has 1 aliphatic rings. The van der Waals surface area contributed by atoms with Crippen LogP contribution < -0.4 is 4.72 Å². The molecule has 0 aliphatic carbocycles. The molecular weight excluding hydrogens is 406 g/mol. The number of imide groups is 1. The molecule has 1 saturated heterocycles. The number of nitro benzene ring substituents is 1. The van der Waals surface area contributed by atoms with E-state index in [2.05, 4.69) is 4.72 Å². The number of carbonyl (C=O) groups excluding carboxylic acids is 1. The lowest BCUT2D eigenvalue weighted by molar-refractivity contribution is -0.796. The fraction of sp³-hybridized carbons (Fsp3) is 0.529. The van der Waals surface area contributed by atoms with Crippen LogP contribution in [0, 0.1) is 10.1 Å². The van der Waals surface area contributed by atoms with Gasteiger partial charge in [-0.05, 0) is 33.8 Å². The average Bonchev–Trinajstić information content (AvgIpc) is 2.89. The SMILES string of the molecule is CC1C[C@@H](NS(=O)(=O)c2ccccc2[N+](=O)[O-])C[N+]1(C(=O)O)C(=O)OC(C)(C)C. The molecule has 1 aromatic carbocycles. The zero-order valence-corrected chi connectivity index (χ0v) is 17.3. The van der Waals surface area contributed by atoms with Gasteiger partial charge in [0.05, 0.1) is 11.0 Å². The topological polar surface area (TPSA) is 153 Å². The number of sulfonamides is 1. The first-order valence-corrected chi connectivity index (χ1v) is 10.3. The fourth-order valence-electron chi connectivity index (χ4n) is 3.34. The summed E-state index contributed by atoms with van der Waals surface area (Å²) in [6, 6.07) is 3.12. The number of hydrogen-bond donors (Lipinski definition) is 2. The number of nitro groups is 1. The highest BCUT2D eigenvalue weighted by atomic mass is 32.2. The van der Waals surface area contributed by atoms with Crippen LogP contribution in [-0.2, 0) is 14.8 Å². The van der Waals surface area contributed by atoms with Crippen LogP contribution in [-0.4, -0.2) is 59.3 Å². The van der Waals surface area contributed by atoms with E-state index in [4.69, 9.17) is 4.74 Å². The van der Waals surface area contributed by atoms with Crippen molar-refractivity contribution in [1.82, 2.24) is 4.72 Å². The second-order valence-electron chi connectivity index (χ2n) is 7.94. The van der Waals surface area contributed by atoms with Crippen LogP contribution in [0.2, 0.25) is 0 Å². The van der Waals surface area contributed by atoms with Crippen molar-refractivity contribution in [2.45, 2.75) is 56.7 Å². The van der Waals surface area contributed by atoms with Crippen LogP contribution in [0.15, 0.2) is 29.2 Å². The summed E-state index contributed by atoms with van der Waals surface area (Å²) in [6.07, 6.45) is -2.42. The van der Waals surface area contributed by atoms with Crippen molar-refractivity contribution in [3.05, 3.63) is 34.4 Å². The van der Waals surface area contributed by atoms with Crippen LogP contribution >= 0.6 is 0 Å². The zero-order chi connectivity index (χ0) is 22.2. The van der Waals surface area contributed by atoms with Crippen LogP contribution in [0.5, 0.6) is 0 Å². The number of hydrogen-bond acceptors (Lipinski definition) is 7. The summed E-state index contributed by atoms with van der Waals surface area (Å²) in [7, 11) is -4.33. The van der Waals surface area contributed by atoms with Gasteiger partial charge in [-0.25, -0.2) is 13.1 Å². The largest absolute Gasteiger partial charge is 0.527 e. The van der Waals surface area contributed by atoms with Gasteiger partial charge in [0.25, 0.3) is 5.69 Å². The van der Waals surface area contributed by atoms with Gasteiger partial charge in [0, 0.05) is 12.5 Å². The molecule has 2 N–H and O–H groups in total. The lowest BCUT2D eigenvalue weighted by atomic mass is 10.2. The molecule has 0 spiro atoms. The van der Waals surface area contributed by atoms with E-state index in [0.29, 0.717) is 0 Å². The quantitative estimate of drug-likeness (QED) is 0.420. The third kappa shape index (κ3) is 4.54. The van der Waals surface area contributed by atoms with Crippen LogP contribution in [0.1, 0.15) is 34.1 Å². The first-order chi connectivity index (χ1) is 13.2. The second-order valence-corrected chi connectivity index (χ2v) is 9.62. The van der Waals surface area contributed by atoms with Crippen LogP contribution in [0.3, 0.4) is 0 Å². The number of rotatable bonds is 4. The van der Waals surface area contributed by atoms with Gasteiger partial charge in [0.1, 0.15) is 18.2 Å². The van der Waals surface area contributed by atoms with E-state index in [1.165, 1.54) is 19.1 Å². The van der Waals surface area contributed by atoms with E-state index in [1.807, 2.05) is 0 Å². The van der Waals surface area contributed by atoms with Crippen LogP contribution in [0.25, 0.3) is 0 Å². The smallest absolute Gasteiger partial charge is 0.435 e. The van der Waals surface area contributed by atoms with Crippen molar-refractivity contribution >= 4 is 27.9 Å². The van der Waals surface area contributed by atoms with Crippen molar-refractivity contribution < 1.29 is 37.3 Å². The lowest BCUT2D eigenvalue weighted by Crippen LogP contribution is -2.60. The number of nitrogens with one attached hydrogen (secondary N) is 1. The molecule has 0 bridgehead atoms. The molecule has 0 radical (unpaired) electrons. The maximum Gasteiger partial charge on any atom is 0.527 e. The van der Waals surface area contributed by atoms with Gasteiger partial charge >= 0.3 is 12.2 Å². The summed E-state index contributed by atoms with van der Waals surface area (Å²) in [6.45, 7) is 5.92. The fourth-order valence-corrected chi connectivity index (χ4v) is 4.75. The highest BCUT2D eigenvalue weighted by molar-refractivity contribution is 7.89. The third-order valence-electron chi connectivity index (χ3n) is 4.62. The summed E-state index contributed by atoms with van der Waals surface area (Å²) in [5.74, 6) is 0. The highest BCUT2D eigenvalue weighted by Gasteiger charge is 2.59. The van der Waals surface area contributed by atoms with E-state index in [9.17, 15) is 33.2 Å². The molecule has 3 atom stereocenters. The number of ether oxygens (including phenoxy) is 1. The van der Waals surface area contributed by atoms with Crippen molar-refractivity contribution in [3.8, 4) is 0 Å². The van der Waals surface area contributed by atoms with Crippen LogP contribution in [0.4, 0.5) is 15.3 Å². The summed E-state index contributed by atoms with van der Waals surface area (Å²) < 4.78 is 31.9. The lowest BCUT2D eigenvalue weighted by Gasteiger charge is -2.31. The first-order valence-electron chi connectivity index (χ1n) is 8.81. The number of nitrogens with zero attached hydrogens (tertiary/aromatic N) is 2. The molecule has 29 heavy (non-hydrogen) atoms. The van der Waals surface area contributed by atoms with Gasteiger partial charge in [-0.2, -0.15) is 9.59 Å². The Morgan fingerprint density at radius 3 is 2.41 bits per heavy atom. The van der Waals surface area contributed by atoms with Crippen molar-refractivity contribution in [1.29, 1.82) is 0 Å². The highest BCUT2D eigenvalue weighted by Crippen LogP contribution is 2.32. The van der Waals surface area contributed by atoms with E-state index in [0.717, 1.165) is 12.1 Å². The summed E-state index contributed by atoms with van der Waals surface area (Å²) >= 11 is 0. The zero-order valence-electron chi connectivity index (χ0n) is 16.5. The Balaban J connectivity index is 2.34. The van der Waals surface area contributed by atoms with E-state index in [-0.39, 0.29) is 13.0 Å². The Morgan fingerprint density at radius 2 is 1.90 bits per heavy atom. The molecule has 2 amide bonds. The maximum absolute atomic E-state index is 12.7. The Bertz CT molecular complexity index is 940. The van der Waals surface area contributed by atoms with E-state index in [1.54, 1.807) is 20.8 Å². The number of para-hydroxylation sites is 1. The molecule has 160 valence electrons. The van der Waals surface area contributed by atoms with Crippen molar-refractivity contribution in [2.75, 3.05) is 6.54 Å². The molecule has 1 aliphatic heterocycles. The molecule has 11 nitrogen and oxygen atoms in total. The molecule has 12 heteroatoms. The van der Waals surface area contributed by atoms with Gasteiger partial charge in [-0.3, -0.25) is 10.1 Å². The number of carbonyl (C=O) groups is 2. The van der Waals surface area contributed by atoms with Gasteiger partial charge in [0.15, 0.2) is 4.90 Å².